The van der Waals surface area contributed by atoms with Crippen LogP contribution in [0.3, 0.4) is 0 Å². The van der Waals surface area contributed by atoms with Crippen molar-refractivity contribution in [2.24, 2.45) is 5.92 Å². The normalized spacial score (nSPS) is 24.5. The van der Waals surface area contributed by atoms with E-state index in [1.807, 2.05) is 6.92 Å². The number of hydrogen-bond acceptors (Lipinski definition) is 3. The van der Waals surface area contributed by atoms with Crippen LogP contribution in [0.5, 0.6) is 0 Å². The van der Waals surface area contributed by atoms with Gasteiger partial charge in [-0.05, 0) is 19.8 Å². The van der Waals surface area contributed by atoms with E-state index in [2.05, 4.69) is 0 Å². The third kappa shape index (κ3) is 3.64. The van der Waals surface area contributed by atoms with E-state index in [0.29, 0.717) is 13.2 Å². The van der Waals surface area contributed by atoms with Crippen molar-refractivity contribution in [1.29, 1.82) is 0 Å². The van der Waals surface area contributed by atoms with Gasteiger partial charge in [-0.2, -0.15) is 0 Å². The van der Waals surface area contributed by atoms with Gasteiger partial charge in [0, 0.05) is 19.1 Å². The van der Waals surface area contributed by atoms with E-state index in [-0.39, 0.29) is 18.4 Å². The van der Waals surface area contributed by atoms with Crippen LogP contribution in [-0.4, -0.2) is 37.0 Å². The molecule has 0 aliphatic carbocycles. The molecule has 1 aliphatic rings. The van der Waals surface area contributed by atoms with E-state index in [0.717, 1.165) is 19.4 Å². The predicted octanol–water partition coefficient (Wildman–Crippen LogP) is 1.29. The first kappa shape index (κ1) is 11.5. The van der Waals surface area contributed by atoms with Crippen molar-refractivity contribution in [2.45, 2.75) is 32.3 Å². The molecule has 0 aromatic rings. The molecule has 14 heavy (non-hydrogen) atoms. The molecule has 4 nitrogen and oxygen atoms in total. The van der Waals surface area contributed by atoms with E-state index in [4.69, 9.17) is 14.6 Å². The van der Waals surface area contributed by atoms with Crippen molar-refractivity contribution in [1.82, 2.24) is 0 Å². The first-order valence-corrected chi connectivity index (χ1v) is 5.15. The molecule has 1 saturated heterocycles. The van der Waals surface area contributed by atoms with Gasteiger partial charge in [0.25, 0.3) is 0 Å². The molecule has 0 radical (unpaired) electrons. The van der Waals surface area contributed by atoms with E-state index in [1.54, 1.807) is 0 Å². The van der Waals surface area contributed by atoms with Gasteiger partial charge in [-0.15, -0.1) is 0 Å². The quantitative estimate of drug-likeness (QED) is 0.730. The number of carboxylic acid groups (broad SMARTS) is 1. The van der Waals surface area contributed by atoms with E-state index in [1.165, 1.54) is 0 Å². The summed E-state index contributed by atoms with van der Waals surface area (Å²) in [5.41, 5.74) is 0. The van der Waals surface area contributed by atoms with Crippen LogP contribution in [0.4, 0.5) is 0 Å². The average Bonchev–Trinajstić information content (AvgIpc) is 2.18. The van der Waals surface area contributed by atoms with E-state index in [9.17, 15) is 4.79 Å². The summed E-state index contributed by atoms with van der Waals surface area (Å²) >= 11 is 0. The Morgan fingerprint density at radius 2 is 2.50 bits per heavy atom. The summed E-state index contributed by atoms with van der Waals surface area (Å²) in [6.07, 6.45) is 1.92. The van der Waals surface area contributed by atoms with Crippen molar-refractivity contribution in [3.63, 3.8) is 0 Å². The Morgan fingerprint density at radius 3 is 3.00 bits per heavy atom. The molecule has 0 saturated carbocycles. The van der Waals surface area contributed by atoms with Gasteiger partial charge >= 0.3 is 5.97 Å². The minimum atomic E-state index is -0.797. The largest absolute Gasteiger partial charge is 0.481 e. The maximum absolute atomic E-state index is 10.6. The maximum Gasteiger partial charge on any atom is 0.305 e. The van der Waals surface area contributed by atoms with Crippen LogP contribution in [0.2, 0.25) is 0 Å². The SMILES string of the molecule is CCOC(CC(=O)O)C1CCCOC1. The lowest BCUT2D eigenvalue weighted by Crippen LogP contribution is -2.33. The summed E-state index contributed by atoms with van der Waals surface area (Å²) in [6, 6.07) is 0. The van der Waals surface area contributed by atoms with Crippen molar-refractivity contribution in [2.75, 3.05) is 19.8 Å². The first-order chi connectivity index (χ1) is 6.74. The van der Waals surface area contributed by atoms with Gasteiger partial charge in [-0.3, -0.25) is 4.79 Å². The molecule has 0 amide bonds. The van der Waals surface area contributed by atoms with Crippen molar-refractivity contribution in [3.05, 3.63) is 0 Å². The first-order valence-electron chi connectivity index (χ1n) is 5.15. The minimum Gasteiger partial charge on any atom is -0.481 e. The third-order valence-corrected chi connectivity index (χ3v) is 2.48. The lowest BCUT2D eigenvalue weighted by molar-refractivity contribution is -0.142. The van der Waals surface area contributed by atoms with Crippen LogP contribution in [0.1, 0.15) is 26.2 Å². The molecule has 0 aromatic heterocycles. The highest BCUT2D eigenvalue weighted by Gasteiger charge is 2.26. The summed E-state index contributed by atoms with van der Waals surface area (Å²) in [7, 11) is 0. The van der Waals surface area contributed by atoms with Gasteiger partial charge < -0.3 is 14.6 Å². The summed E-state index contributed by atoms with van der Waals surface area (Å²) in [6.45, 7) is 3.88. The van der Waals surface area contributed by atoms with Crippen molar-refractivity contribution < 1.29 is 19.4 Å². The van der Waals surface area contributed by atoms with Gasteiger partial charge in [0.15, 0.2) is 0 Å². The fourth-order valence-electron chi connectivity index (χ4n) is 1.81. The topological polar surface area (TPSA) is 55.8 Å². The number of carboxylic acids is 1. The molecule has 0 bridgehead atoms. The number of ether oxygens (including phenoxy) is 2. The summed E-state index contributed by atoms with van der Waals surface area (Å²) in [5.74, 6) is -0.547. The highest BCUT2D eigenvalue weighted by atomic mass is 16.5. The zero-order valence-corrected chi connectivity index (χ0v) is 8.57. The van der Waals surface area contributed by atoms with Crippen LogP contribution in [-0.2, 0) is 14.3 Å². The van der Waals surface area contributed by atoms with Gasteiger partial charge in [0.1, 0.15) is 0 Å². The average molecular weight is 202 g/mol. The minimum absolute atomic E-state index is 0.0852. The Labute approximate surface area is 84.2 Å². The smallest absolute Gasteiger partial charge is 0.305 e. The monoisotopic (exact) mass is 202 g/mol. The van der Waals surface area contributed by atoms with Crippen LogP contribution in [0.15, 0.2) is 0 Å². The van der Waals surface area contributed by atoms with Crippen molar-refractivity contribution >= 4 is 5.97 Å². The maximum atomic E-state index is 10.6. The summed E-state index contributed by atoms with van der Waals surface area (Å²) < 4.78 is 10.7. The Morgan fingerprint density at radius 1 is 1.71 bits per heavy atom. The predicted molar refractivity (Wildman–Crippen MR) is 51.2 cm³/mol. The molecule has 0 aromatic carbocycles. The third-order valence-electron chi connectivity index (χ3n) is 2.48. The number of rotatable bonds is 5. The molecule has 4 heteroatoms. The summed E-state index contributed by atoms with van der Waals surface area (Å²) in [4.78, 5) is 10.6. The van der Waals surface area contributed by atoms with Gasteiger partial charge in [0.05, 0.1) is 19.1 Å². The fourth-order valence-corrected chi connectivity index (χ4v) is 1.81. The van der Waals surface area contributed by atoms with Crippen LogP contribution < -0.4 is 0 Å². The lowest BCUT2D eigenvalue weighted by atomic mass is 9.94. The van der Waals surface area contributed by atoms with Gasteiger partial charge in [0.2, 0.25) is 0 Å². The second kappa shape index (κ2) is 5.98. The standard InChI is InChI=1S/C10H18O4/c1-2-14-9(6-10(11)12)8-4-3-5-13-7-8/h8-9H,2-7H2,1H3,(H,11,12). The zero-order chi connectivity index (χ0) is 10.4. The molecule has 1 heterocycles. The number of aliphatic carboxylic acids is 1. The second-order valence-corrected chi connectivity index (χ2v) is 3.57. The fraction of sp³-hybridized carbons (Fsp3) is 0.900. The Kier molecular flexibility index (Phi) is 4.90. The number of hydrogen-bond donors (Lipinski definition) is 1. The molecule has 1 aliphatic heterocycles. The molecular formula is C10H18O4. The van der Waals surface area contributed by atoms with Gasteiger partial charge in [-0.1, -0.05) is 0 Å². The Balaban J connectivity index is 2.42. The van der Waals surface area contributed by atoms with Crippen LogP contribution in [0, 0.1) is 5.92 Å². The number of carbonyl (C=O) groups is 1. The molecule has 2 atom stereocenters. The van der Waals surface area contributed by atoms with Crippen molar-refractivity contribution in [3.8, 4) is 0 Å². The molecule has 0 spiro atoms. The molecule has 1 fully saturated rings. The molecule has 2 unspecified atom stereocenters. The Hall–Kier alpha value is -0.610. The Bertz CT molecular complexity index is 175. The molecule has 1 rings (SSSR count). The molecule has 82 valence electrons. The van der Waals surface area contributed by atoms with Crippen LogP contribution in [0.25, 0.3) is 0 Å². The highest BCUT2D eigenvalue weighted by Crippen LogP contribution is 2.21. The highest BCUT2D eigenvalue weighted by molar-refractivity contribution is 5.67. The van der Waals surface area contributed by atoms with Gasteiger partial charge in [-0.25, -0.2) is 0 Å². The second-order valence-electron chi connectivity index (χ2n) is 3.57. The van der Waals surface area contributed by atoms with Crippen LogP contribution >= 0.6 is 0 Å². The molecule has 1 N–H and O–H groups in total. The lowest BCUT2D eigenvalue weighted by Gasteiger charge is -2.28. The summed E-state index contributed by atoms with van der Waals surface area (Å²) in [5, 5.41) is 8.72. The molecular weight excluding hydrogens is 184 g/mol. The zero-order valence-electron chi connectivity index (χ0n) is 8.57. The van der Waals surface area contributed by atoms with E-state index >= 15 is 0 Å². The van der Waals surface area contributed by atoms with E-state index < -0.39 is 5.97 Å².